The Balaban J connectivity index is 1.91. The Bertz CT molecular complexity index is 1020. The highest BCUT2D eigenvalue weighted by molar-refractivity contribution is 7.92. The number of nitrogens with zero attached hydrogens (tertiary/aromatic N) is 1. The lowest BCUT2D eigenvalue weighted by atomic mass is 10.2. The number of rotatable bonds is 6. The van der Waals surface area contributed by atoms with Gasteiger partial charge in [-0.05, 0) is 42.1 Å². The number of hydrogen-bond acceptors (Lipinski definition) is 6. The van der Waals surface area contributed by atoms with Crippen LogP contribution in [0, 0.1) is 0 Å². The molecule has 0 radical (unpaired) electrons. The minimum absolute atomic E-state index is 0.0129. The van der Waals surface area contributed by atoms with Crippen LogP contribution in [0.3, 0.4) is 0 Å². The van der Waals surface area contributed by atoms with E-state index in [0.29, 0.717) is 0 Å². The van der Waals surface area contributed by atoms with Crippen molar-refractivity contribution in [1.29, 1.82) is 0 Å². The minimum atomic E-state index is -4.89. The summed E-state index contributed by atoms with van der Waals surface area (Å²) in [5.74, 6) is -0.931. The summed E-state index contributed by atoms with van der Waals surface area (Å²) < 4.78 is 91.7. The van der Waals surface area contributed by atoms with E-state index in [1.807, 2.05) is 0 Å². The second-order valence-electron chi connectivity index (χ2n) is 6.21. The standard InChI is InChI=1S/C16H16F3NO5S3/c17-16(18,19)25-13-3-5-15(6-4-13)28(23,24)20(10-14-2-1-8-26-14)12-7-9-27(21,22)11-12/h1-6,8,12H,7,9-11H2/t12-/m1/s1. The van der Waals surface area contributed by atoms with Crippen molar-refractivity contribution in [1.82, 2.24) is 4.31 Å². The lowest BCUT2D eigenvalue weighted by Crippen LogP contribution is -2.40. The van der Waals surface area contributed by atoms with Crippen molar-refractivity contribution in [2.45, 2.75) is 30.3 Å². The van der Waals surface area contributed by atoms with E-state index in [1.54, 1.807) is 17.5 Å². The van der Waals surface area contributed by atoms with Gasteiger partial charge in [-0.3, -0.25) is 0 Å². The van der Waals surface area contributed by atoms with Gasteiger partial charge in [-0.15, -0.1) is 24.5 Å². The van der Waals surface area contributed by atoms with Gasteiger partial charge in [0.1, 0.15) is 5.75 Å². The number of benzene rings is 1. The van der Waals surface area contributed by atoms with Crippen LogP contribution in [-0.2, 0) is 26.4 Å². The topological polar surface area (TPSA) is 80.8 Å². The van der Waals surface area contributed by atoms with E-state index in [0.717, 1.165) is 33.4 Å². The highest BCUT2D eigenvalue weighted by Gasteiger charge is 2.39. The lowest BCUT2D eigenvalue weighted by molar-refractivity contribution is -0.274. The second kappa shape index (κ2) is 7.65. The van der Waals surface area contributed by atoms with Crippen molar-refractivity contribution in [2.75, 3.05) is 11.5 Å². The minimum Gasteiger partial charge on any atom is -0.406 e. The molecule has 0 unspecified atom stereocenters. The number of sulfonamides is 1. The van der Waals surface area contributed by atoms with Crippen molar-refractivity contribution in [3.63, 3.8) is 0 Å². The molecule has 1 aromatic heterocycles. The van der Waals surface area contributed by atoms with Crippen LogP contribution in [0.25, 0.3) is 0 Å². The summed E-state index contributed by atoms with van der Waals surface area (Å²) >= 11 is 1.33. The number of ether oxygens (including phenoxy) is 1. The van der Waals surface area contributed by atoms with Gasteiger partial charge in [0, 0.05) is 17.5 Å². The highest BCUT2D eigenvalue weighted by Crippen LogP contribution is 2.30. The van der Waals surface area contributed by atoms with Gasteiger partial charge in [0.2, 0.25) is 10.0 Å². The molecular weight excluding hydrogens is 439 g/mol. The largest absolute Gasteiger partial charge is 0.573 e. The summed E-state index contributed by atoms with van der Waals surface area (Å²) in [6.07, 6.45) is -4.72. The summed E-state index contributed by atoms with van der Waals surface area (Å²) in [7, 11) is -7.47. The molecule has 154 valence electrons. The molecule has 1 fully saturated rings. The number of sulfone groups is 1. The number of alkyl halides is 3. The van der Waals surface area contributed by atoms with Crippen LogP contribution in [0.4, 0.5) is 13.2 Å². The summed E-state index contributed by atoms with van der Waals surface area (Å²) in [5, 5.41) is 1.77. The van der Waals surface area contributed by atoms with E-state index in [2.05, 4.69) is 4.74 Å². The van der Waals surface area contributed by atoms with E-state index in [4.69, 9.17) is 0 Å². The molecule has 12 heteroatoms. The Morgan fingerprint density at radius 3 is 2.36 bits per heavy atom. The molecule has 0 aliphatic carbocycles. The fourth-order valence-corrected chi connectivity index (χ4v) is 7.16. The van der Waals surface area contributed by atoms with Crippen LogP contribution in [-0.4, -0.2) is 45.1 Å². The first-order valence-corrected chi connectivity index (χ1v) is 12.2. The quantitative estimate of drug-likeness (QED) is 0.669. The molecule has 0 N–H and O–H groups in total. The van der Waals surface area contributed by atoms with Crippen LogP contribution < -0.4 is 4.74 Å². The van der Waals surface area contributed by atoms with Gasteiger partial charge in [0.05, 0.1) is 16.4 Å². The fourth-order valence-electron chi connectivity index (χ4n) is 2.92. The maximum atomic E-state index is 13.1. The van der Waals surface area contributed by atoms with Gasteiger partial charge in [0.15, 0.2) is 9.84 Å². The van der Waals surface area contributed by atoms with E-state index in [-0.39, 0.29) is 29.4 Å². The maximum Gasteiger partial charge on any atom is 0.573 e. The third-order valence-electron chi connectivity index (χ3n) is 4.17. The molecule has 0 spiro atoms. The van der Waals surface area contributed by atoms with Gasteiger partial charge in [0.25, 0.3) is 0 Å². The van der Waals surface area contributed by atoms with Crippen LogP contribution in [0.1, 0.15) is 11.3 Å². The van der Waals surface area contributed by atoms with E-state index < -0.39 is 38.0 Å². The van der Waals surface area contributed by atoms with Crippen molar-refractivity contribution < 1.29 is 34.7 Å². The van der Waals surface area contributed by atoms with E-state index in [9.17, 15) is 30.0 Å². The van der Waals surface area contributed by atoms with Crippen LogP contribution in [0.5, 0.6) is 5.75 Å². The Morgan fingerprint density at radius 2 is 1.86 bits per heavy atom. The molecule has 1 atom stereocenters. The molecule has 0 amide bonds. The molecule has 2 heterocycles. The van der Waals surface area contributed by atoms with Crippen LogP contribution in [0.2, 0.25) is 0 Å². The number of hydrogen-bond donors (Lipinski definition) is 0. The zero-order chi connectivity index (χ0) is 20.6. The molecule has 0 bridgehead atoms. The zero-order valence-corrected chi connectivity index (χ0v) is 16.7. The van der Waals surface area contributed by atoms with Gasteiger partial charge in [-0.2, -0.15) is 4.31 Å². The highest BCUT2D eigenvalue weighted by atomic mass is 32.2. The molecule has 1 aromatic carbocycles. The first-order chi connectivity index (χ1) is 13.0. The zero-order valence-electron chi connectivity index (χ0n) is 14.3. The number of halogens is 3. The van der Waals surface area contributed by atoms with Crippen LogP contribution >= 0.6 is 11.3 Å². The average molecular weight is 456 g/mol. The molecule has 2 aromatic rings. The Labute approximate surface area is 164 Å². The van der Waals surface area contributed by atoms with Crippen molar-refractivity contribution >= 4 is 31.2 Å². The second-order valence-corrected chi connectivity index (χ2v) is 11.4. The molecule has 3 rings (SSSR count). The van der Waals surface area contributed by atoms with Crippen LogP contribution in [0.15, 0.2) is 46.7 Å². The summed E-state index contributed by atoms with van der Waals surface area (Å²) in [4.78, 5) is 0.493. The fraction of sp³-hybridized carbons (Fsp3) is 0.375. The molecule has 6 nitrogen and oxygen atoms in total. The Hall–Kier alpha value is -1.63. The molecule has 1 aliphatic rings. The van der Waals surface area contributed by atoms with Crippen molar-refractivity contribution in [3.8, 4) is 5.75 Å². The molecule has 1 aliphatic heterocycles. The lowest BCUT2D eigenvalue weighted by Gasteiger charge is -2.27. The third kappa shape index (κ3) is 5.04. The van der Waals surface area contributed by atoms with Gasteiger partial charge in [-0.25, -0.2) is 16.8 Å². The predicted molar refractivity (Wildman–Crippen MR) is 97.2 cm³/mol. The van der Waals surface area contributed by atoms with Gasteiger partial charge >= 0.3 is 6.36 Å². The smallest absolute Gasteiger partial charge is 0.406 e. The van der Waals surface area contributed by atoms with Crippen molar-refractivity contribution in [2.24, 2.45) is 0 Å². The maximum absolute atomic E-state index is 13.1. The molecule has 1 saturated heterocycles. The van der Waals surface area contributed by atoms with Crippen molar-refractivity contribution in [3.05, 3.63) is 46.7 Å². The SMILES string of the molecule is O=S1(=O)CC[C@@H](N(Cc2cccs2)S(=O)(=O)c2ccc(OC(F)(F)F)cc2)C1. The Morgan fingerprint density at radius 1 is 1.18 bits per heavy atom. The monoisotopic (exact) mass is 455 g/mol. The molecule has 28 heavy (non-hydrogen) atoms. The van der Waals surface area contributed by atoms with Gasteiger partial charge in [-0.1, -0.05) is 6.07 Å². The summed E-state index contributed by atoms with van der Waals surface area (Å²) in [6, 6.07) is 6.60. The first-order valence-electron chi connectivity index (χ1n) is 8.07. The van der Waals surface area contributed by atoms with E-state index >= 15 is 0 Å². The average Bonchev–Trinajstić information content (AvgIpc) is 3.20. The van der Waals surface area contributed by atoms with Gasteiger partial charge < -0.3 is 4.74 Å². The molecular formula is C16H16F3NO5S3. The third-order valence-corrected chi connectivity index (χ3v) is 8.70. The summed E-state index contributed by atoms with van der Waals surface area (Å²) in [6.45, 7) is -0.0129. The number of thiophene rings is 1. The molecule has 0 saturated carbocycles. The Kier molecular flexibility index (Phi) is 5.76. The summed E-state index contributed by atoms with van der Waals surface area (Å²) in [5.41, 5.74) is 0. The normalized spacial score (nSPS) is 19.8. The first kappa shape index (κ1) is 21.1. The predicted octanol–water partition coefficient (Wildman–Crippen LogP) is 3.02. The van der Waals surface area contributed by atoms with E-state index in [1.165, 1.54) is 11.3 Å².